The van der Waals surface area contributed by atoms with Crippen LogP contribution in [-0.2, 0) is 16.0 Å². The number of methoxy groups -OCH3 is 1. The smallest absolute Gasteiger partial charge is 0.317 e. The van der Waals surface area contributed by atoms with Gasteiger partial charge in [-0.3, -0.25) is 0 Å². The van der Waals surface area contributed by atoms with Gasteiger partial charge in [-0.2, -0.15) is 0 Å². The number of hydrogen-bond acceptors (Lipinski definition) is 5. The first-order chi connectivity index (χ1) is 11.6. The van der Waals surface area contributed by atoms with Crippen LogP contribution in [0.1, 0.15) is 25.3 Å². The fourth-order valence-corrected chi connectivity index (χ4v) is 3.38. The van der Waals surface area contributed by atoms with Gasteiger partial charge in [-0.25, -0.2) is 9.78 Å². The minimum Gasteiger partial charge on any atom is -0.481 e. The molecule has 0 bridgehead atoms. The summed E-state index contributed by atoms with van der Waals surface area (Å²) in [5, 5.41) is 2.95. The Morgan fingerprint density at radius 1 is 1.50 bits per heavy atom. The fourth-order valence-electron chi connectivity index (χ4n) is 3.38. The Kier molecular flexibility index (Phi) is 5.20. The normalized spacial score (nSPS) is 23.1. The summed E-state index contributed by atoms with van der Waals surface area (Å²) in [6, 6.07) is 3.65. The average molecular weight is 335 g/mol. The zero-order valence-corrected chi connectivity index (χ0v) is 14.3. The topological polar surface area (TPSA) is 72.9 Å². The standard InChI is InChI=1S/C17H25N3O4/c1-17(23-9-10-24-17)14-6-4-8-20(12-14)16(21)19-11-13-5-3-7-18-15(13)22-2/h3,5,7,14H,4,6,8-12H2,1-2H3,(H,19,21). The monoisotopic (exact) mass is 335 g/mol. The maximum absolute atomic E-state index is 12.5. The summed E-state index contributed by atoms with van der Waals surface area (Å²) in [6.45, 7) is 5.02. The molecule has 2 aliphatic rings. The molecule has 1 atom stereocenters. The zero-order chi connectivity index (χ0) is 17.0. The van der Waals surface area contributed by atoms with Crippen molar-refractivity contribution in [2.45, 2.75) is 32.1 Å². The Hall–Kier alpha value is -1.86. The van der Waals surface area contributed by atoms with Crippen LogP contribution < -0.4 is 10.1 Å². The molecule has 24 heavy (non-hydrogen) atoms. The number of aromatic nitrogens is 1. The zero-order valence-electron chi connectivity index (χ0n) is 14.3. The first kappa shape index (κ1) is 17.0. The summed E-state index contributed by atoms with van der Waals surface area (Å²) in [4.78, 5) is 18.5. The lowest BCUT2D eigenvalue weighted by molar-refractivity contribution is -0.189. The van der Waals surface area contributed by atoms with Crippen molar-refractivity contribution in [3.63, 3.8) is 0 Å². The number of carbonyl (C=O) groups excluding carboxylic acids is 1. The highest BCUT2D eigenvalue weighted by Gasteiger charge is 2.42. The molecular weight excluding hydrogens is 310 g/mol. The van der Waals surface area contributed by atoms with Gasteiger partial charge in [-0.1, -0.05) is 6.07 Å². The van der Waals surface area contributed by atoms with Gasteiger partial charge in [-0.15, -0.1) is 0 Å². The Balaban J connectivity index is 1.56. The van der Waals surface area contributed by atoms with Crippen LogP contribution in [0.25, 0.3) is 0 Å². The van der Waals surface area contributed by atoms with Crippen LogP contribution in [0.15, 0.2) is 18.3 Å². The fraction of sp³-hybridized carbons (Fsp3) is 0.647. The Morgan fingerprint density at radius 2 is 2.29 bits per heavy atom. The third kappa shape index (κ3) is 3.62. The van der Waals surface area contributed by atoms with E-state index in [-0.39, 0.29) is 11.9 Å². The molecule has 2 amide bonds. The van der Waals surface area contributed by atoms with E-state index in [1.54, 1.807) is 13.3 Å². The van der Waals surface area contributed by atoms with Crippen LogP contribution in [-0.4, -0.2) is 55.1 Å². The van der Waals surface area contributed by atoms with Crippen LogP contribution in [0.3, 0.4) is 0 Å². The lowest BCUT2D eigenvalue weighted by Gasteiger charge is -2.39. The van der Waals surface area contributed by atoms with E-state index in [9.17, 15) is 4.79 Å². The van der Waals surface area contributed by atoms with E-state index in [1.165, 1.54) is 0 Å². The minimum atomic E-state index is -0.564. The third-order valence-corrected chi connectivity index (χ3v) is 4.78. The maximum atomic E-state index is 12.5. The molecule has 7 nitrogen and oxygen atoms in total. The molecule has 1 aromatic rings. The Morgan fingerprint density at radius 3 is 3.04 bits per heavy atom. The highest BCUT2D eigenvalue weighted by Crippen LogP contribution is 2.34. The molecule has 0 saturated carbocycles. The lowest BCUT2D eigenvalue weighted by Crippen LogP contribution is -2.51. The van der Waals surface area contributed by atoms with Crippen molar-refractivity contribution in [1.29, 1.82) is 0 Å². The van der Waals surface area contributed by atoms with Crippen molar-refractivity contribution < 1.29 is 19.0 Å². The minimum absolute atomic E-state index is 0.0767. The maximum Gasteiger partial charge on any atom is 0.317 e. The highest BCUT2D eigenvalue weighted by atomic mass is 16.7. The summed E-state index contributed by atoms with van der Waals surface area (Å²) in [5.41, 5.74) is 0.858. The van der Waals surface area contributed by atoms with Crippen LogP contribution in [0.2, 0.25) is 0 Å². The summed E-state index contributed by atoms with van der Waals surface area (Å²) in [5.74, 6) is 0.174. The van der Waals surface area contributed by atoms with E-state index < -0.39 is 5.79 Å². The molecule has 2 fully saturated rings. The number of piperidine rings is 1. The molecule has 3 rings (SSSR count). The quantitative estimate of drug-likeness (QED) is 0.908. The number of rotatable bonds is 4. The Bertz CT molecular complexity index is 575. The van der Waals surface area contributed by atoms with Gasteiger partial charge in [0.2, 0.25) is 5.88 Å². The van der Waals surface area contributed by atoms with Gasteiger partial charge in [0, 0.05) is 37.3 Å². The molecule has 0 spiro atoms. The number of nitrogens with one attached hydrogen (secondary N) is 1. The molecule has 1 aromatic heterocycles. The SMILES string of the molecule is COc1ncccc1CNC(=O)N1CCCC(C2(C)OCCO2)C1. The van der Waals surface area contributed by atoms with Crippen LogP contribution in [0, 0.1) is 5.92 Å². The van der Waals surface area contributed by atoms with E-state index in [1.807, 2.05) is 24.0 Å². The van der Waals surface area contributed by atoms with Gasteiger partial charge in [0.25, 0.3) is 0 Å². The number of carbonyl (C=O) groups is 1. The molecule has 3 heterocycles. The van der Waals surface area contributed by atoms with Gasteiger partial charge in [-0.05, 0) is 25.8 Å². The molecule has 0 radical (unpaired) electrons. The molecule has 1 unspecified atom stereocenters. The van der Waals surface area contributed by atoms with E-state index in [4.69, 9.17) is 14.2 Å². The molecule has 132 valence electrons. The molecule has 0 aromatic carbocycles. The number of pyridine rings is 1. The van der Waals surface area contributed by atoms with Crippen LogP contribution >= 0.6 is 0 Å². The van der Waals surface area contributed by atoms with Crippen LogP contribution in [0.5, 0.6) is 5.88 Å². The number of nitrogens with zero attached hydrogens (tertiary/aromatic N) is 2. The predicted molar refractivity (Wildman–Crippen MR) is 87.6 cm³/mol. The van der Waals surface area contributed by atoms with Crippen molar-refractivity contribution in [3.05, 3.63) is 23.9 Å². The molecule has 1 N–H and O–H groups in total. The average Bonchev–Trinajstić information content (AvgIpc) is 3.08. The first-order valence-corrected chi connectivity index (χ1v) is 8.41. The van der Waals surface area contributed by atoms with Gasteiger partial charge in [0.15, 0.2) is 5.79 Å². The second-order valence-corrected chi connectivity index (χ2v) is 6.33. The van der Waals surface area contributed by atoms with E-state index in [0.717, 1.165) is 24.9 Å². The van der Waals surface area contributed by atoms with Gasteiger partial charge in [0.1, 0.15) is 0 Å². The second kappa shape index (κ2) is 7.36. The van der Waals surface area contributed by atoms with Crippen molar-refractivity contribution in [2.75, 3.05) is 33.4 Å². The van der Waals surface area contributed by atoms with Crippen molar-refractivity contribution in [2.24, 2.45) is 5.92 Å². The summed E-state index contributed by atoms with van der Waals surface area (Å²) in [6.07, 6.45) is 3.63. The highest BCUT2D eigenvalue weighted by molar-refractivity contribution is 5.74. The lowest BCUT2D eigenvalue weighted by atomic mass is 9.90. The van der Waals surface area contributed by atoms with Crippen molar-refractivity contribution >= 4 is 6.03 Å². The van der Waals surface area contributed by atoms with Crippen LogP contribution in [0.4, 0.5) is 4.79 Å². The third-order valence-electron chi connectivity index (χ3n) is 4.78. The molecular formula is C17H25N3O4. The van der Waals surface area contributed by atoms with Gasteiger partial charge in [0.05, 0.1) is 20.3 Å². The van der Waals surface area contributed by atoms with Crippen molar-refractivity contribution in [3.8, 4) is 5.88 Å². The first-order valence-electron chi connectivity index (χ1n) is 8.41. The van der Waals surface area contributed by atoms with E-state index in [2.05, 4.69) is 10.3 Å². The summed E-state index contributed by atoms with van der Waals surface area (Å²) in [7, 11) is 1.57. The summed E-state index contributed by atoms with van der Waals surface area (Å²) >= 11 is 0. The van der Waals surface area contributed by atoms with E-state index in [0.29, 0.717) is 32.2 Å². The van der Waals surface area contributed by atoms with Gasteiger partial charge < -0.3 is 24.4 Å². The summed E-state index contributed by atoms with van der Waals surface area (Å²) < 4.78 is 16.7. The van der Waals surface area contributed by atoms with E-state index >= 15 is 0 Å². The number of likely N-dealkylation sites (tertiary alicyclic amines) is 1. The molecule has 2 aliphatic heterocycles. The predicted octanol–water partition coefficient (Wildman–Crippen LogP) is 1.77. The molecule has 7 heteroatoms. The number of urea groups is 1. The number of hydrogen-bond donors (Lipinski definition) is 1. The molecule has 0 aliphatic carbocycles. The van der Waals surface area contributed by atoms with Crippen molar-refractivity contribution in [1.82, 2.24) is 15.2 Å². The van der Waals surface area contributed by atoms with Gasteiger partial charge >= 0.3 is 6.03 Å². The largest absolute Gasteiger partial charge is 0.481 e. The number of amides is 2. The Labute approximate surface area is 142 Å². The number of ether oxygens (including phenoxy) is 3. The molecule has 2 saturated heterocycles. The second-order valence-electron chi connectivity index (χ2n) is 6.33.